The third-order valence-electron chi connectivity index (χ3n) is 8.13. The van der Waals surface area contributed by atoms with Gasteiger partial charge in [-0.2, -0.15) is 0 Å². The number of aliphatic hydroxyl groups is 1. The predicted molar refractivity (Wildman–Crippen MR) is 136 cm³/mol. The third kappa shape index (κ3) is 4.39. The molecule has 0 saturated heterocycles. The quantitative estimate of drug-likeness (QED) is 0.474. The largest absolute Gasteiger partial charge is 0.390 e. The SMILES string of the molecule is CCC[C@@]1(O)CC[C@@]2(Cc3ccccc3)c3ccc(C(=O)Nc4ccncc4)cc3CC[C@@H]2C1. The molecule has 5 rings (SSSR count). The zero-order valence-corrected chi connectivity index (χ0v) is 20.0. The van der Waals surface area contributed by atoms with Crippen LogP contribution in [-0.4, -0.2) is 21.6 Å². The second-order valence-corrected chi connectivity index (χ2v) is 10.3. The molecule has 4 nitrogen and oxygen atoms in total. The van der Waals surface area contributed by atoms with Crippen LogP contribution >= 0.6 is 0 Å². The second-order valence-electron chi connectivity index (χ2n) is 10.3. The summed E-state index contributed by atoms with van der Waals surface area (Å²) in [6.07, 6.45) is 10.9. The second kappa shape index (κ2) is 9.34. The first-order valence-corrected chi connectivity index (χ1v) is 12.6. The van der Waals surface area contributed by atoms with Crippen molar-refractivity contribution in [3.05, 3.63) is 95.3 Å². The molecule has 0 spiro atoms. The van der Waals surface area contributed by atoms with Gasteiger partial charge < -0.3 is 10.4 Å². The molecule has 1 amide bonds. The van der Waals surface area contributed by atoms with E-state index < -0.39 is 5.60 Å². The molecule has 2 aromatic carbocycles. The van der Waals surface area contributed by atoms with Crippen molar-refractivity contribution in [2.45, 2.75) is 69.3 Å². The Morgan fingerprint density at radius 2 is 1.88 bits per heavy atom. The normalized spacial score (nSPS) is 25.8. The van der Waals surface area contributed by atoms with Gasteiger partial charge in [-0.25, -0.2) is 0 Å². The van der Waals surface area contributed by atoms with Crippen molar-refractivity contribution in [2.24, 2.45) is 5.92 Å². The molecule has 2 N–H and O–H groups in total. The lowest BCUT2D eigenvalue weighted by Crippen LogP contribution is -2.51. The van der Waals surface area contributed by atoms with Gasteiger partial charge in [0.1, 0.15) is 0 Å². The van der Waals surface area contributed by atoms with Gasteiger partial charge in [0.15, 0.2) is 0 Å². The summed E-state index contributed by atoms with van der Waals surface area (Å²) in [5, 5.41) is 14.3. The summed E-state index contributed by atoms with van der Waals surface area (Å²) < 4.78 is 0. The van der Waals surface area contributed by atoms with Crippen LogP contribution in [0.1, 0.15) is 72.5 Å². The number of amides is 1. The number of hydrogen-bond donors (Lipinski definition) is 2. The summed E-state index contributed by atoms with van der Waals surface area (Å²) in [7, 11) is 0. The van der Waals surface area contributed by atoms with E-state index in [0.717, 1.165) is 57.1 Å². The van der Waals surface area contributed by atoms with Crippen molar-refractivity contribution in [2.75, 3.05) is 5.32 Å². The van der Waals surface area contributed by atoms with E-state index in [0.29, 0.717) is 11.5 Å². The molecule has 1 heterocycles. The highest BCUT2D eigenvalue weighted by Gasteiger charge is 2.51. The van der Waals surface area contributed by atoms with E-state index in [1.54, 1.807) is 24.5 Å². The Balaban J connectivity index is 1.49. The number of carbonyl (C=O) groups is 1. The van der Waals surface area contributed by atoms with Crippen molar-refractivity contribution in [1.82, 2.24) is 4.98 Å². The molecule has 2 aliphatic carbocycles. The van der Waals surface area contributed by atoms with Gasteiger partial charge >= 0.3 is 0 Å². The Kier molecular flexibility index (Phi) is 6.26. The highest BCUT2D eigenvalue weighted by atomic mass is 16.3. The van der Waals surface area contributed by atoms with Gasteiger partial charge in [0.2, 0.25) is 0 Å². The first kappa shape index (κ1) is 22.8. The average molecular weight is 455 g/mol. The van der Waals surface area contributed by atoms with E-state index in [1.807, 2.05) is 6.07 Å². The number of nitrogens with one attached hydrogen (secondary N) is 1. The van der Waals surface area contributed by atoms with Crippen LogP contribution in [0.3, 0.4) is 0 Å². The van der Waals surface area contributed by atoms with E-state index in [9.17, 15) is 9.90 Å². The van der Waals surface area contributed by atoms with Crippen LogP contribution in [0.5, 0.6) is 0 Å². The van der Waals surface area contributed by atoms with Crippen LogP contribution in [0.4, 0.5) is 5.69 Å². The first-order chi connectivity index (χ1) is 16.5. The van der Waals surface area contributed by atoms with E-state index in [4.69, 9.17) is 0 Å². The third-order valence-corrected chi connectivity index (χ3v) is 8.13. The van der Waals surface area contributed by atoms with Crippen molar-refractivity contribution in [3.63, 3.8) is 0 Å². The summed E-state index contributed by atoms with van der Waals surface area (Å²) in [6.45, 7) is 2.17. The van der Waals surface area contributed by atoms with E-state index in [2.05, 4.69) is 59.7 Å². The fourth-order valence-electron chi connectivity index (χ4n) is 6.53. The lowest BCUT2D eigenvalue weighted by Gasteiger charge is -2.53. The van der Waals surface area contributed by atoms with Gasteiger partial charge in [0, 0.05) is 29.1 Å². The topological polar surface area (TPSA) is 62.2 Å². The van der Waals surface area contributed by atoms with Crippen LogP contribution in [0.25, 0.3) is 0 Å². The maximum Gasteiger partial charge on any atom is 0.255 e. The summed E-state index contributed by atoms with van der Waals surface area (Å²) in [5.74, 6) is 0.358. The molecule has 0 bridgehead atoms. The Morgan fingerprint density at radius 3 is 2.65 bits per heavy atom. The van der Waals surface area contributed by atoms with Crippen LogP contribution in [-0.2, 0) is 18.3 Å². The molecule has 1 aromatic heterocycles. The van der Waals surface area contributed by atoms with Gasteiger partial charge in [-0.15, -0.1) is 0 Å². The zero-order chi connectivity index (χ0) is 23.6. The molecule has 34 heavy (non-hydrogen) atoms. The lowest BCUT2D eigenvalue weighted by atomic mass is 9.52. The number of aromatic nitrogens is 1. The van der Waals surface area contributed by atoms with Crippen molar-refractivity contribution >= 4 is 11.6 Å². The van der Waals surface area contributed by atoms with Crippen LogP contribution in [0.2, 0.25) is 0 Å². The molecule has 2 aliphatic rings. The number of pyridine rings is 1. The summed E-state index contributed by atoms with van der Waals surface area (Å²) in [5.41, 5.74) is 4.93. The zero-order valence-electron chi connectivity index (χ0n) is 20.0. The smallest absolute Gasteiger partial charge is 0.255 e. The fraction of sp³-hybridized carbons (Fsp3) is 0.400. The molecule has 1 saturated carbocycles. The first-order valence-electron chi connectivity index (χ1n) is 12.6. The number of rotatable bonds is 6. The van der Waals surface area contributed by atoms with Gasteiger partial charge in [-0.05, 0) is 91.8 Å². The molecule has 0 radical (unpaired) electrons. The molecular formula is C30H34N2O2. The monoisotopic (exact) mass is 454 g/mol. The molecular weight excluding hydrogens is 420 g/mol. The minimum Gasteiger partial charge on any atom is -0.390 e. The molecule has 0 unspecified atom stereocenters. The number of hydrogen-bond acceptors (Lipinski definition) is 3. The van der Waals surface area contributed by atoms with Gasteiger partial charge in [-0.3, -0.25) is 9.78 Å². The number of benzene rings is 2. The van der Waals surface area contributed by atoms with Crippen LogP contribution < -0.4 is 5.32 Å². The average Bonchev–Trinajstić information content (AvgIpc) is 2.85. The van der Waals surface area contributed by atoms with Gasteiger partial charge in [0.25, 0.3) is 5.91 Å². The number of nitrogens with zero attached hydrogens (tertiary/aromatic N) is 1. The summed E-state index contributed by atoms with van der Waals surface area (Å²) >= 11 is 0. The van der Waals surface area contributed by atoms with Crippen LogP contribution in [0, 0.1) is 5.92 Å². The minimum absolute atomic E-state index is 0.00894. The van der Waals surface area contributed by atoms with Crippen molar-refractivity contribution in [3.8, 4) is 0 Å². The molecule has 3 atom stereocenters. The number of aryl methyl sites for hydroxylation is 1. The molecule has 176 valence electrons. The van der Waals surface area contributed by atoms with Gasteiger partial charge in [-0.1, -0.05) is 49.7 Å². The van der Waals surface area contributed by atoms with Crippen molar-refractivity contribution < 1.29 is 9.90 Å². The molecule has 0 aliphatic heterocycles. The lowest BCUT2D eigenvalue weighted by molar-refractivity contribution is -0.0565. The Labute approximate surface area is 202 Å². The maximum absolute atomic E-state index is 12.9. The van der Waals surface area contributed by atoms with Crippen LogP contribution in [0.15, 0.2) is 73.1 Å². The number of carbonyl (C=O) groups excluding carboxylic acids is 1. The van der Waals surface area contributed by atoms with E-state index >= 15 is 0 Å². The van der Waals surface area contributed by atoms with E-state index in [-0.39, 0.29) is 11.3 Å². The summed E-state index contributed by atoms with van der Waals surface area (Å²) in [4.78, 5) is 17.0. The number of fused-ring (bicyclic) bond motifs is 3. The summed E-state index contributed by atoms with van der Waals surface area (Å²) in [6, 6.07) is 20.6. The molecule has 1 fully saturated rings. The minimum atomic E-state index is -0.540. The number of anilines is 1. The highest BCUT2D eigenvalue weighted by molar-refractivity contribution is 6.04. The standard InChI is InChI=1S/C30H34N2O2/c1-2-14-29(34)15-16-30(20-22-6-4-3-5-7-22)25(21-29)10-8-23-19-24(9-11-27(23)30)28(33)32-26-12-17-31-18-13-26/h3-7,9,11-13,17-19,25,34H,2,8,10,14-16,20-21H2,1H3,(H,31,32,33)/t25-,29-,30+/m1/s1. The Hall–Kier alpha value is -2.98. The van der Waals surface area contributed by atoms with Crippen molar-refractivity contribution in [1.29, 1.82) is 0 Å². The fourth-order valence-corrected chi connectivity index (χ4v) is 6.53. The maximum atomic E-state index is 12.9. The van der Waals surface area contributed by atoms with Gasteiger partial charge in [0.05, 0.1) is 5.60 Å². The highest BCUT2D eigenvalue weighted by Crippen LogP contribution is 2.55. The molecule has 4 heteroatoms. The van der Waals surface area contributed by atoms with E-state index in [1.165, 1.54) is 16.7 Å². The molecule has 3 aromatic rings. The Morgan fingerprint density at radius 1 is 1.09 bits per heavy atom. The predicted octanol–water partition coefficient (Wildman–Crippen LogP) is 6.09. The Bertz CT molecular complexity index is 1150.